The van der Waals surface area contributed by atoms with E-state index in [9.17, 15) is 4.79 Å². The first-order valence-corrected chi connectivity index (χ1v) is 8.09. The van der Waals surface area contributed by atoms with E-state index in [4.69, 9.17) is 18.9 Å². The summed E-state index contributed by atoms with van der Waals surface area (Å²) in [5.74, 6) is 2.28. The summed E-state index contributed by atoms with van der Waals surface area (Å²) in [5, 5.41) is 1.01. The zero-order chi connectivity index (χ0) is 18.7. The standard InChI is InChI=1S/C20H21NO5/c1-23-14-5-6-16-13(9-14)11-17(21-16)15-10-12(7-8-22)18(24-2)20(26-4)19(15)25-3/h5-6,8-11,21H,7H2,1-4H3. The minimum absolute atomic E-state index is 0.213. The monoisotopic (exact) mass is 355 g/mol. The molecule has 26 heavy (non-hydrogen) atoms. The van der Waals surface area contributed by atoms with Gasteiger partial charge in [-0.1, -0.05) is 0 Å². The van der Waals surface area contributed by atoms with Crippen LogP contribution in [0.15, 0.2) is 30.3 Å². The van der Waals surface area contributed by atoms with Crippen LogP contribution in [0.4, 0.5) is 0 Å². The highest BCUT2D eigenvalue weighted by Crippen LogP contribution is 2.47. The van der Waals surface area contributed by atoms with E-state index in [0.29, 0.717) is 17.2 Å². The van der Waals surface area contributed by atoms with Crippen molar-refractivity contribution < 1.29 is 23.7 Å². The fourth-order valence-electron chi connectivity index (χ4n) is 3.11. The van der Waals surface area contributed by atoms with Crippen LogP contribution in [-0.4, -0.2) is 39.7 Å². The van der Waals surface area contributed by atoms with Crippen molar-refractivity contribution in [2.24, 2.45) is 0 Å². The molecule has 0 radical (unpaired) electrons. The van der Waals surface area contributed by atoms with Crippen molar-refractivity contribution in [3.05, 3.63) is 35.9 Å². The van der Waals surface area contributed by atoms with Crippen molar-refractivity contribution in [3.8, 4) is 34.3 Å². The zero-order valence-electron chi connectivity index (χ0n) is 15.2. The van der Waals surface area contributed by atoms with Crippen LogP contribution in [0, 0.1) is 0 Å². The number of benzene rings is 2. The second kappa shape index (κ2) is 7.39. The molecule has 0 bridgehead atoms. The predicted molar refractivity (Wildman–Crippen MR) is 99.7 cm³/mol. The molecule has 6 nitrogen and oxygen atoms in total. The molecule has 0 amide bonds. The molecule has 0 aliphatic rings. The highest BCUT2D eigenvalue weighted by atomic mass is 16.5. The number of aldehydes is 1. The Morgan fingerprint density at radius 1 is 0.885 bits per heavy atom. The topological polar surface area (TPSA) is 69.8 Å². The highest BCUT2D eigenvalue weighted by Gasteiger charge is 2.22. The summed E-state index contributed by atoms with van der Waals surface area (Å²) in [7, 11) is 6.30. The number of nitrogens with one attached hydrogen (secondary N) is 1. The van der Waals surface area contributed by atoms with Gasteiger partial charge in [-0.3, -0.25) is 0 Å². The fraction of sp³-hybridized carbons (Fsp3) is 0.250. The Labute approximate surface area is 151 Å². The van der Waals surface area contributed by atoms with Gasteiger partial charge in [-0.05, 0) is 30.3 Å². The van der Waals surface area contributed by atoms with Gasteiger partial charge in [0.05, 0.1) is 34.1 Å². The second-order valence-corrected chi connectivity index (χ2v) is 5.69. The largest absolute Gasteiger partial charge is 0.497 e. The van der Waals surface area contributed by atoms with Gasteiger partial charge < -0.3 is 28.7 Å². The molecule has 0 saturated carbocycles. The first-order valence-electron chi connectivity index (χ1n) is 8.09. The lowest BCUT2D eigenvalue weighted by atomic mass is 10.0. The minimum atomic E-state index is 0.213. The maximum Gasteiger partial charge on any atom is 0.204 e. The Bertz CT molecular complexity index is 945. The molecule has 0 aliphatic heterocycles. The molecule has 0 spiro atoms. The third kappa shape index (κ3) is 2.94. The number of hydrogen-bond acceptors (Lipinski definition) is 5. The van der Waals surface area contributed by atoms with Gasteiger partial charge in [0.25, 0.3) is 0 Å². The average Bonchev–Trinajstić information content (AvgIpc) is 3.09. The van der Waals surface area contributed by atoms with Crippen LogP contribution in [-0.2, 0) is 11.2 Å². The molecule has 1 heterocycles. The van der Waals surface area contributed by atoms with Gasteiger partial charge >= 0.3 is 0 Å². The Kier molecular flexibility index (Phi) is 5.02. The number of ether oxygens (including phenoxy) is 4. The van der Waals surface area contributed by atoms with E-state index in [1.807, 2.05) is 30.3 Å². The van der Waals surface area contributed by atoms with Crippen molar-refractivity contribution in [1.29, 1.82) is 0 Å². The molecule has 2 aromatic carbocycles. The number of carbonyl (C=O) groups excluding carboxylic acids is 1. The van der Waals surface area contributed by atoms with E-state index in [1.54, 1.807) is 28.4 Å². The maximum atomic E-state index is 11.1. The van der Waals surface area contributed by atoms with Gasteiger partial charge in [0.15, 0.2) is 11.5 Å². The molecule has 0 atom stereocenters. The van der Waals surface area contributed by atoms with E-state index in [0.717, 1.165) is 39.8 Å². The van der Waals surface area contributed by atoms with Crippen molar-refractivity contribution in [1.82, 2.24) is 4.98 Å². The van der Waals surface area contributed by atoms with Gasteiger partial charge in [0, 0.05) is 28.5 Å². The van der Waals surface area contributed by atoms with E-state index in [-0.39, 0.29) is 6.42 Å². The SMILES string of the molecule is COc1ccc2[nH]c(-c3cc(CC=O)c(OC)c(OC)c3OC)cc2c1. The number of fused-ring (bicyclic) bond motifs is 1. The summed E-state index contributed by atoms with van der Waals surface area (Å²) in [4.78, 5) is 14.5. The molecule has 3 rings (SSSR count). The first-order chi connectivity index (χ1) is 12.7. The summed E-state index contributed by atoms with van der Waals surface area (Å²) < 4.78 is 21.9. The maximum absolute atomic E-state index is 11.1. The molecule has 3 aromatic rings. The van der Waals surface area contributed by atoms with Crippen LogP contribution in [0.2, 0.25) is 0 Å². The van der Waals surface area contributed by atoms with Crippen molar-refractivity contribution in [2.75, 3.05) is 28.4 Å². The Morgan fingerprint density at radius 2 is 1.62 bits per heavy atom. The van der Waals surface area contributed by atoms with E-state index in [2.05, 4.69) is 4.98 Å². The Hall–Kier alpha value is -3.15. The van der Waals surface area contributed by atoms with Crippen molar-refractivity contribution >= 4 is 17.2 Å². The van der Waals surface area contributed by atoms with E-state index < -0.39 is 0 Å². The smallest absolute Gasteiger partial charge is 0.204 e. The van der Waals surface area contributed by atoms with Crippen LogP contribution in [0.5, 0.6) is 23.0 Å². The summed E-state index contributed by atoms with van der Waals surface area (Å²) in [6.07, 6.45) is 1.05. The number of H-pyrrole nitrogens is 1. The van der Waals surface area contributed by atoms with Gasteiger partial charge in [-0.25, -0.2) is 0 Å². The number of hydrogen-bond donors (Lipinski definition) is 1. The molecule has 0 aliphatic carbocycles. The first kappa shape index (κ1) is 17.7. The van der Waals surface area contributed by atoms with Crippen LogP contribution in [0.3, 0.4) is 0 Å². The van der Waals surface area contributed by atoms with Crippen LogP contribution in [0.25, 0.3) is 22.2 Å². The van der Waals surface area contributed by atoms with Crippen molar-refractivity contribution in [3.63, 3.8) is 0 Å². The van der Waals surface area contributed by atoms with Gasteiger partial charge in [-0.2, -0.15) is 0 Å². The molecule has 0 unspecified atom stereocenters. The lowest BCUT2D eigenvalue weighted by Gasteiger charge is -2.18. The number of methoxy groups -OCH3 is 4. The third-order valence-electron chi connectivity index (χ3n) is 4.30. The molecule has 1 aromatic heterocycles. The quantitative estimate of drug-likeness (QED) is 0.656. The molecule has 0 fully saturated rings. The third-order valence-corrected chi connectivity index (χ3v) is 4.30. The highest BCUT2D eigenvalue weighted by molar-refractivity contribution is 5.89. The van der Waals surface area contributed by atoms with Crippen LogP contribution in [0.1, 0.15) is 5.56 Å². The predicted octanol–water partition coefficient (Wildman–Crippen LogP) is 3.61. The molecule has 0 saturated heterocycles. The van der Waals surface area contributed by atoms with Crippen LogP contribution >= 0.6 is 0 Å². The molecular formula is C20H21NO5. The van der Waals surface area contributed by atoms with Gasteiger partial charge in [0.1, 0.15) is 12.0 Å². The van der Waals surface area contributed by atoms with Crippen LogP contribution < -0.4 is 18.9 Å². The molecule has 136 valence electrons. The normalized spacial score (nSPS) is 10.6. The van der Waals surface area contributed by atoms with Gasteiger partial charge in [-0.15, -0.1) is 0 Å². The number of carbonyl (C=O) groups is 1. The minimum Gasteiger partial charge on any atom is -0.497 e. The van der Waals surface area contributed by atoms with Crippen molar-refractivity contribution in [2.45, 2.75) is 6.42 Å². The zero-order valence-corrected chi connectivity index (χ0v) is 15.2. The second-order valence-electron chi connectivity index (χ2n) is 5.69. The summed E-state index contributed by atoms with van der Waals surface area (Å²) >= 11 is 0. The number of aromatic nitrogens is 1. The number of rotatable bonds is 7. The molecular weight excluding hydrogens is 334 g/mol. The summed E-state index contributed by atoms with van der Waals surface area (Å²) in [6.45, 7) is 0. The summed E-state index contributed by atoms with van der Waals surface area (Å²) in [6, 6.07) is 9.70. The number of aromatic amines is 1. The molecule has 6 heteroatoms. The van der Waals surface area contributed by atoms with E-state index >= 15 is 0 Å². The van der Waals surface area contributed by atoms with Gasteiger partial charge in [0.2, 0.25) is 5.75 Å². The van der Waals surface area contributed by atoms with E-state index in [1.165, 1.54) is 0 Å². The fourth-order valence-corrected chi connectivity index (χ4v) is 3.11. The Morgan fingerprint density at radius 3 is 2.23 bits per heavy atom. The average molecular weight is 355 g/mol. The molecule has 1 N–H and O–H groups in total. The lowest BCUT2D eigenvalue weighted by molar-refractivity contribution is -0.107. The summed E-state index contributed by atoms with van der Waals surface area (Å²) in [5.41, 5.74) is 3.33. The Balaban J connectivity index is 2.25. The lowest BCUT2D eigenvalue weighted by Crippen LogP contribution is -2.01.